The molecule has 11 heteroatoms. The van der Waals surface area contributed by atoms with E-state index in [1.165, 1.54) is 36.5 Å². The summed E-state index contributed by atoms with van der Waals surface area (Å²) < 4.78 is 27.4. The fraction of sp³-hybridized carbons (Fsp3) is 0. The predicted molar refractivity (Wildman–Crippen MR) is 98.0 cm³/mol. The van der Waals surface area contributed by atoms with E-state index >= 15 is 0 Å². The molecule has 0 fully saturated rings. The van der Waals surface area contributed by atoms with Crippen molar-refractivity contribution in [2.24, 2.45) is 26.0 Å². The minimum absolute atomic E-state index is 0.0995. The van der Waals surface area contributed by atoms with Crippen molar-refractivity contribution < 1.29 is 13.5 Å². The second-order valence-electron chi connectivity index (χ2n) is 4.70. The number of benzene rings is 2. The molecule has 0 heterocycles. The van der Waals surface area contributed by atoms with Crippen molar-refractivity contribution in [3.63, 3.8) is 0 Å². The van der Waals surface area contributed by atoms with Gasteiger partial charge in [-0.05, 0) is 41.6 Å². The second kappa shape index (κ2) is 7.40. The molecule has 2 aromatic rings. The number of phenols is 1. The third-order valence-electron chi connectivity index (χ3n) is 2.90. The molecule has 5 N–H and O–H groups in total. The Morgan fingerprint density at radius 1 is 1.16 bits per heavy atom. The second-order valence-corrected chi connectivity index (χ2v) is 7.22. The normalized spacial score (nSPS) is 11.4. The molecule has 9 nitrogen and oxygen atoms in total. The Balaban J connectivity index is 2.31. The summed E-state index contributed by atoms with van der Waals surface area (Å²) in [6, 6.07) is 8.34. The number of sulfonamides is 1. The van der Waals surface area contributed by atoms with Gasteiger partial charge in [-0.1, -0.05) is 15.9 Å². The number of nitrogens with zero attached hydrogens (tertiary/aromatic N) is 3. The van der Waals surface area contributed by atoms with E-state index < -0.39 is 16.0 Å². The summed E-state index contributed by atoms with van der Waals surface area (Å²) in [6.07, 6.45) is 1.31. The zero-order valence-corrected chi connectivity index (χ0v) is 14.9. The largest absolute Gasteiger partial charge is 0.505 e. The Kier molecular flexibility index (Phi) is 5.49. The van der Waals surface area contributed by atoms with Gasteiger partial charge in [-0.2, -0.15) is 8.42 Å². The van der Waals surface area contributed by atoms with Gasteiger partial charge >= 0.3 is 0 Å². The Hall–Kier alpha value is -2.79. The van der Waals surface area contributed by atoms with Crippen molar-refractivity contribution in [1.82, 2.24) is 0 Å². The van der Waals surface area contributed by atoms with Crippen molar-refractivity contribution >= 4 is 49.5 Å². The van der Waals surface area contributed by atoms with E-state index in [4.69, 9.17) is 11.5 Å². The van der Waals surface area contributed by atoms with Crippen molar-refractivity contribution in [3.8, 4) is 5.75 Å². The van der Waals surface area contributed by atoms with Crippen LogP contribution < -0.4 is 11.5 Å². The van der Waals surface area contributed by atoms with Gasteiger partial charge in [0.05, 0.1) is 10.6 Å². The smallest absolute Gasteiger partial charge is 0.285 e. The molecule has 0 aromatic heterocycles. The molecule has 0 unspecified atom stereocenters. The lowest BCUT2D eigenvalue weighted by Crippen LogP contribution is -2.24. The predicted octanol–water partition coefficient (Wildman–Crippen LogP) is 2.27. The monoisotopic (exact) mass is 425 g/mol. The van der Waals surface area contributed by atoms with Gasteiger partial charge in [-0.25, -0.2) is 0 Å². The molecule has 25 heavy (non-hydrogen) atoms. The van der Waals surface area contributed by atoms with E-state index in [9.17, 15) is 18.4 Å². The van der Waals surface area contributed by atoms with Gasteiger partial charge < -0.3 is 16.6 Å². The summed E-state index contributed by atoms with van der Waals surface area (Å²) >= 11 is 3.19. The van der Waals surface area contributed by atoms with Crippen LogP contribution >= 0.6 is 15.9 Å². The Labute approximate surface area is 151 Å². The van der Waals surface area contributed by atoms with Gasteiger partial charge in [-0.15, -0.1) is 9.30 Å². The summed E-state index contributed by atoms with van der Waals surface area (Å²) in [4.78, 5) is 14.7. The summed E-state index contributed by atoms with van der Waals surface area (Å²) in [5.41, 5.74) is 10.7. The summed E-state index contributed by atoms with van der Waals surface area (Å²) in [6.45, 7) is 0. The van der Waals surface area contributed by atoms with E-state index in [0.717, 1.165) is 0 Å². The quantitative estimate of drug-likeness (QED) is 0.378. The molecule has 130 valence electrons. The number of nitroso groups, excluding NO2 is 1. The number of rotatable bonds is 5. The lowest BCUT2D eigenvalue weighted by molar-refractivity contribution is 0.476. The Morgan fingerprint density at radius 3 is 2.36 bits per heavy atom. The summed E-state index contributed by atoms with van der Waals surface area (Å²) in [5, 5.41) is 12.6. The van der Waals surface area contributed by atoms with Crippen LogP contribution in [-0.4, -0.2) is 25.7 Å². The number of nitrogens with two attached hydrogens (primary N) is 2. The van der Waals surface area contributed by atoms with Crippen LogP contribution in [0.2, 0.25) is 0 Å². The fourth-order valence-corrected chi connectivity index (χ4v) is 3.14. The van der Waals surface area contributed by atoms with Crippen LogP contribution in [0.25, 0.3) is 0 Å². The Morgan fingerprint density at radius 2 is 1.80 bits per heavy atom. The first-order chi connectivity index (χ1) is 11.7. The molecular weight excluding hydrogens is 414 g/mol. The van der Waals surface area contributed by atoms with Gasteiger partial charge in [0.2, 0.25) is 5.96 Å². The maximum absolute atomic E-state index is 11.8. The minimum Gasteiger partial charge on any atom is -0.505 e. The molecule has 0 amide bonds. The lowest BCUT2D eigenvalue weighted by atomic mass is 10.2. The SMILES string of the molecule is NC(N)=NS(=O)(=O)c1ccc(N=Cc2cc(Br)cc(N=O)c2O)cc1. The third kappa shape index (κ3) is 4.61. The van der Waals surface area contributed by atoms with E-state index in [1.54, 1.807) is 6.07 Å². The number of guanidine groups is 1. The van der Waals surface area contributed by atoms with Crippen LogP contribution in [0.4, 0.5) is 11.4 Å². The highest BCUT2D eigenvalue weighted by atomic mass is 79.9. The standard InChI is InChI=1S/C14H12BrN5O4S/c15-9-5-8(13(21)12(6-9)19-22)7-18-10-1-3-11(4-2-10)25(23,24)20-14(16)17/h1-7,21H,(H4,16,17,20). The molecule has 0 bridgehead atoms. The summed E-state index contributed by atoms with van der Waals surface area (Å²) in [5.74, 6) is -0.874. The zero-order valence-electron chi connectivity index (χ0n) is 12.5. The number of aliphatic imine (C=N–C) groups is 1. The maximum atomic E-state index is 11.8. The van der Waals surface area contributed by atoms with Crippen LogP contribution in [0.15, 0.2) is 60.3 Å². The number of hydrogen-bond donors (Lipinski definition) is 3. The maximum Gasteiger partial charge on any atom is 0.285 e. The van der Waals surface area contributed by atoms with Gasteiger partial charge in [0, 0.05) is 16.3 Å². The third-order valence-corrected chi connectivity index (χ3v) is 4.67. The highest BCUT2D eigenvalue weighted by molar-refractivity contribution is 9.10. The van der Waals surface area contributed by atoms with Crippen LogP contribution in [0.5, 0.6) is 5.75 Å². The molecule has 0 spiro atoms. The highest BCUT2D eigenvalue weighted by Gasteiger charge is 2.12. The molecule has 0 atom stereocenters. The topological polar surface area (TPSA) is 161 Å². The number of aromatic hydroxyl groups is 1. The zero-order chi connectivity index (χ0) is 18.6. The molecule has 2 aromatic carbocycles. The molecule has 2 rings (SSSR count). The average molecular weight is 426 g/mol. The minimum atomic E-state index is -3.97. The van der Waals surface area contributed by atoms with E-state index in [2.05, 4.69) is 30.5 Å². The molecule has 0 aliphatic carbocycles. The van der Waals surface area contributed by atoms with Crippen molar-refractivity contribution in [1.29, 1.82) is 0 Å². The first-order valence-corrected chi connectivity index (χ1v) is 8.82. The first-order valence-electron chi connectivity index (χ1n) is 6.59. The van der Waals surface area contributed by atoms with Gasteiger partial charge in [0.1, 0.15) is 0 Å². The first kappa shape index (κ1) is 18.5. The lowest BCUT2D eigenvalue weighted by Gasteiger charge is -2.03. The van der Waals surface area contributed by atoms with Crippen molar-refractivity contribution in [2.75, 3.05) is 0 Å². The molecule has 0 aliphatic heterocycles. The van der Waals surface area contributed by atoms with Crippen LogP contribution in [0.3, 0.4) is 0 Å². The molecule has 0 saturated heterocycles. The Bertz CT molecular complexity index is 967. The van der Waals surface area contributed by atoms with Gasteiger partial charge in [0.25, 0.3) is 10.0 Å². The van der Waals surface area contributed by atoms with E-state index in [1.807, 2.05) is 0 Å². The summed E-state index contributed by atoms with van der Waals surface area (Å²) in [7, 11) is -3.97. The van der Waals surface area contributed by atoms with Crippen LogP contribution in [0, 0.1) is 4.91 Å². The van der Waals surface area contributed by atoms with Crippen molar-refractivity contribution in [2.45, 2.75) is 4.90 Å². The average Bonchev–Trinajstić information content (AvgIpc) is 2.54. The fourth-order valence-electron chi connectivity index (χ4n) is 1.81. The number of phenolic OH excluding ortho intramolecular Hbond substituents is 1. The molecule has 0 aliphatic rings. The van der Waals surface area contributed by atoms with Crippen LogP contribution in [-0.2, 0) is 10.0 Å². The molecular formula is C14H12BrN5O4S. The van der Waals surface area contributed by atoms with E-state index in [-0.39, 0.29) is 21.9 Å². The highest BCUT2D eigenvalue weighted by Crippen LogP contribution is 2.33. The van der Waals surface area contributed by atoms with Gasteiger partial charge in [-0.3, -0.25) is 4.99 Å². The number of halogens is 1. The molecule has 0 radical (unpaired) electrons. The van der Waals surface area contributed by atoms with Gasteiger partial charge in [0.15, 0.2) is 11.4 Å². The van der Waals surface area contributed by atoms with E-state index in [0.29, 0.717) is 10.2 Å². The number of hydrogen-bond acceptors (Lipinski definition) is 6. The van der Waals surface area contributed by atoms with Crippen molar-refractivity contribution in [3.05, 3.63) is 51.3 Å². The van der Waals surface area contributed by atoms with Crippen LogP contribution in [0.1, 0.15) is 5.56 Å². The molecule has 0 saturated carbocycles.